The highest BCUT2D eigenvalue weighted by Crippen LogP contribution is 2.38. The largest absolute Gasteiger partial charge is 0.493 e. The third kappa shape index (κ3) is 6.59. The number of hydrogen-bond donors (Lipinski definition) is 0. The molecule has 2 aromatic rings. The molecule has 36 heavy (non-hydrogen) atoms. The van der Waals surface area contributed by atoms with E-state index < -0.39 is 11.7 Å². The van der Waals surface area contributed by atoms with E-state index in [1.54, 1.807) is 28.0 Å². The summed E-state index contributed by atoms with van der Waals surface area (Å²) in [7, 11) is 4.53. The molecule has 1 heterocycles. The molecule has 1 aliphatic heterocycles. The summed E-state index contributed by atoms with van der Waals surface area (Å²) >= 11 is 0. The Morgan fingerprint density at radius 3 is 1.58 bits per heavy atom. The Morgan fingerprint density at radius 1 is 0.750 bits per heavy atom. The van der Waals surface area contributed by atoms with Gasteiger partial charge >= 0.3 is 6.18 Å². The molecule has 7 nitrogen and oxygen atoms in total. The Bertz CT molecular complexity index is 1110. The summed E-state index contributed by atoms with van der Waals surface area (Å²) in [6.45, 7) is 1.41. The van der Waals surface area contributed by atoms with Crippen LogP contribution < -0.4 is 14.2 Å². The third-order valence-electron chi connectivity index (χ3n) is 5.66. The Morgan fingerprint density at radius 2 is 1.19 bits per heavy atom. The Kier molecular flexibility index (Phi) is 8.63. The number of alkyl halides is 3. The molecule has 0 aliphatic carbocycles. The van der Waals surface area contributed by atoms with E-state index in [1.165, 1.54) is 51.7 Å². The van der Waals surface area contributed by atoms with Crippen molar-refractivity contribution in [2.24, 2.45) is 0 Å². The molecule has 0 atom stereocenters. The summed E-state index contributed by atoms with van der Waals surface area (Å²) in [6.07, 6.45) is 1.49. The van der Waals surface area contributed by atoms with Crippen molar-refractivity contribution in [2.75, 3.05) is 47.5 Å². The predicted octanol–water partition coefficient (Wildman–Crippen LogP) is 4.13. The van der Waals surface area contributed by atoms with Crippen LogP contribution in [0.1, 0.15) is 16.7 Å². The van der Waals surface area contributed by atoms with E-state index in [0.717, 1.165) is 12.1 Å². The van der Waals surface area contributed by atoms with Crippen LogP contribution in [0.5, 0.6) is 17.2 Å². The lowest BCUT2D eigenvalue weighted by atomic mass is 10.1. The molecule has 1 saturated heterocycles. The van der Waals surface area contributed by atoms with Gasteiger partial charge < -0.3 is 24.0 Å². The second-order valence-corrected chi connectivity index (χ2v) is 7.90. The van der Waals surface area contributed by atoms with E-state index in [-0.39, 0.29) is 11.8 Å². The van der Waals surface area contributed by atoms with Crippen molar-refractivity contribution in [2.45, 2.75) is 6.18 Å². The molecule has 0 unspecified atom stereocenters. The van der Waals surface area contributed by atoms with Crippen LogP contribution in [0.3, 0.4) is 0 Å². The van der Waals surface area contributed by atoms with E-state index in [9.17, 15) is 22.8 Å². The summed E-state index contributed by atoms with van der Waals surface area (Å²) in [6, 6.07) is 8.02. The number of amides is 2. The van der Waals surface area contributed by atoms with Crippen molar-refractivity contribution in [3.05, 3.63) is 65.2 Å². The van der Waals surface area contributed by atoms with Gasteiger partial charge in [-0.15, -0.1) is 0 Å². The van der Waals surface area contributed by atoms with Crippen molar-refractivity contribution >= 4 is 24.0 Å². The van der Waals surface area contributed by atoms with Gasteiger partial charge in [-0.05, 0) is 47.5 Å². The van der Waals surface area contributed by atoms with Crippen LogP contribution >= 0.6 is 0 Å². The van der Waals surface area contributed by atoms with E-state index in [0.29, 0.717) is 54.6 Å². The first-order valence-electron chi connectivity index (χ1n) is 11.1. The minimum Gasteiger partial charge on any atom is -0.493 e. The highest BCUT2D eigenvalue weighted by atomic mass is 19.4. The number of halogens is 3. The maximum atomic E-state index is 12.7. The maximum Gasteiger partial charge on any atom is 0.416 e. The number of methoxy groups -OCH3 is 3. The third-order valence-corrected chi connectivity index (χ3v) is 5.66. The Balaban J connectivity index is 1.55. The summed E-state index contributed by atoms with van der Waals surface area (Å²) < 4.78 is 53.9. The molecule has 1 aliphatic rings. The zero-order chi connectivity index (χ0) is 26.3. The maximum absolute atomic E-state index is 12.7. The Labute approximate surface area is 207 Å². The average Bonchev–Trinajstić information content (AvgIpc) is 2.89. The minimum atomic E-state index is -4.40. The number of piperazine rings is 1. The summed E-state index contributed by atoms with van der Waals surface area (Å²) in [5.41, 5.74) is 0.438. The molecule has 0 radical (unpaired) electrons. The number of benzene rings is 2. The van der Waals surface area contributed by atoms with Crippen LogP contribution in [0, 0.1) is 0 Å². The number of hydrogen-bond acceptors (Lipinski definition) is 5. The van der Waals surface area contributed by atoms with Crippen molar-refractivity contribution in [1.82, 2.24) is 9.80 Å². The van der Waals surface area contributed by atoms with Gasteiger partial charge in [0.25, 0.3) is 0 Å². The SMILES string of the molecule is COc1cc(/C=C/C(=O)N2CCN(C(=O)/C=C/c3ccc(C(F)(F)F)cc3)CC2)cc(OC)c1OC. The topological polar surface area (TPSA) is 68.3 Å². The standard InChI is InChI=1S/C26H27F3N2O5/c1-34-21-16-19(17-22(35-2)25(21)36-3)7-11-24(33)31-14-12-30(13-15-31)23(32)10-6-18-4-8-20(9-5-18)26(27,28)29/h4-11,16-17H,12-15H2,1-3H3/b10-6+,11-7+. The molecule has 0 spiro atoms. The van der Waals surface area contributed by atoms with Gasteiger partial charge in [0.1, 0.15) is 0 Å². The van der Waals surface area contributed by atoms with Crippen LogP contribution in [0.15, 0.2) is 48.6 Å². The summed E-state index contributed by atoms with van der Waals surface area (Å²) in [4.78, 5) is 28.3. The van der Waals surface area contributed by atoms with E-state index in [1.807, 2.05) is 0 Å². The lowest BCUT2D eigenvalue weighted by Crippen LogP contribution is -2.49. The number of carbonyl (C=O) groups excluding carboxylic acids is 2. The normalized spacial score (nSPS) is 14.4. The second-order valence-electron chi connectivity index (χ2n) is 7.90. The zero-order valence-electron chi connectivity index (χ0n) is 20.2. The van der Waals surface area contributed by atoms with Crippen molar-refractivity contribution in [3.63, 3.8) is 0 Å². The van der Waals surface area contributed by atoms with Crippen LogP contribution in [0.4, 0.5) is 13.2 Å². The Hall–Kier alpha value is -3.95. The summed E-state index contributed by atoms with van der Waals surface area (Å²) in [5.74, 6) is 0.934. The molecule has 10 heteroatoms. The van der Waals surface area contributed by atoms with E-state index >= 15 is 0 Å². The smallest absolute Gasteiger partial charge is 0.416 e. The van der Waals surface area contributed by atoms with Crippen LogP contribution in [-0.4, -0.2) is 69.1 Å². The monoisotopic (exact) mass is 504 g/mol. The fraction of sp³-hybridized carbons (Fsp3) is 0.308. The van der Waals surface area contributed by atoms with E-state index in [4.69, 9.17) is 14.2 Å². The zero-order valence-corrected chi connectivity index (χ0v) is 20.2. The highest BCUT2D eigenvalue weighted by molar-refractivity contribution is 5.93. The molecule has 192 valence electrons. The second kappa shape index (κ2) is 11.7. The fourth-order valence-electron chi connectivity index (χ4n) is 3.67. The molecule has 3 rings (SSSR count). The van der Waals surface area contributed by atoms with Crippen LogP contribution in [0.25, 0.3) is 12.2 Å². The molecule has 0 N–H and O–H groups in total. The van der Waals surface area contributed by atoms with Crippen LogP contribution in [-0.2, 0) is 15.8 Å². The first kappa shape index (κ1) is 26.7. The number of rotatable bonds is 7. The van der Waals surface area contributed by atoms with Gasteiger partial charge in [-0.2, -0.15) is 13.2 Å². The number of ether oxygens (including phenoxy) is 3. The lowest BCUT2D eigenvalue weighted by molar-refractivity contribution is -0.137. The van der Waals surface area contributed by atoms with Gasteiger partial charge in [0.2, 0.25) is 17.6 Å². The number of nitrogens with zero attached hydrogens (tertiary/aromatic N) is 2. The van der Waals surface area contributed by atoms with Crippen molar-refractivity contribution in [1.29, 1.82) is 0 Å². The average molecular weight is 505 g/mol. The fourth-order valence-corrected chi connectivity index (χ4v) is 3.67. The first-order valence-corrected chi connectivity index (χ1v) is 11.1. The number of carbonyl (C=O) groups is 2. The molecule has 2 amide bonds. The molecule has 0 bridgehead atoms. The molecular formula is C26H27F3N2O5. The molecular weight excluding hydrogens is 477 g/mol. The minimum absolute atomic E-state index is 0.198. The van der Waals surface area contributed by atoms with Gasteiger partial charge in [0, 0.05) is 38.3 Å². The molecule has 1 fully saturated rings. The molecule has 2 aromatic carbocycles. The lowest BCUT2D eigenvalue weighted by Gasteiger charge is -2.33. The summed E-state index contributed by atoms with van der Waals surface area (Å²) in [5, 5.41) is 0. The molecule has 0 saturated carbocycles. The predicted molar refractivity (Wildman–Crippen MR) is 129 cm³/mol. The quantitative estimate of drug-likeness (QED) is 0.531. The van der Waals surface area contributed by atoms with Gasteiger partial charge in [0.15, 0.2) is 11.5 Å². The van der Waals surface area contributed by atoms with Gasteiger partial charge in [-0.1, -0.05) is 12.1 Å². The van der Waals surface area contributed by atoms with E-state index in [2.05, 4.69) is 0 Å². The van der Waals surface area contributed by atoms with Crippen molar-refractivity contribution < 1.29 is 37.0 Å². The highest BCUT2D eigenvalue weighted by Gasteiger charge is 2.29. The van der Waals surface area contributed by atoms with Gasteiger partial charge in [-0.25, -0.2) is 0 Å². The van der Waals surface area contributed by atoms with Crippen LogP contribution in [0.2, 0.25) is 0 Å². The van der Waals surface area contributed by atoms with Crippen molar-refractivity contribution in [3.8, 4) is 17.2 Å². The van der Waals surface area contributed by atoms with Gasteiger partial charge in [-0.3, -0.25) is 9.59 Å². The molecule has 0 aromatic heterocycles. The first-order chi connectivity index (χ1) is 17.2. The van der Waals surface area contributed by atoms with Gasteiger partial charge in [0.05, 0.1) is 26.9 Å².